The van der Waals surface area contributed by atoms with E-state index in [1.165, 1.54) is 22.8 Å². The van der Waals surface area contributed by atoms with Crippen LogP contribution in [0, 0.1) is 0 Å². The van der Waals surface area contributed by atoms with Crippen molar-refractivity contribution in [3.8, 4) is 0 Å². The molecule has 0 spiro atoms. The quantitative estimate of drug-likeness (QED) is 0.648. The van der Waals surface area contributed by atoms with Crippen molar-refractivity contribution >= 4 is 38.6 Å². The molecule has 1 aromatic heterocycles. The van der Waals surface area contributed by atoms with Gasteiger partial charge in [-0.1, -0.05) is 18.2 Å². The zero-order chi connectivity index (χ0) is 20.1. The molecule has 28 heavy (non-hydrogen) atoms. The van der Waals surface area contributed by atoms with Gasteiger partial charge in [0.25, 0.3) is 16.0 Å². The van der Waals surface area contributed by atoms with E-state index in [1.807, 2.05) is 18.2 Å². The number of hydrogen-bond donors (Lipinski definition) is 2. The fraction of sp³-hybridized carbons (Fsp3) is 0.158. The monoisotopic (exact) mass is 400 g/mol. The van der Waals surface area contributed by atoms with Crippen LogP contribution in [0.15, 0.2) is 53.4 Å². The number of carbonyl (C=O) groups excluding carboxylic acids is 1. The number of aliphatic carboxylic acids is 1. The number of anilines is 1. The largest absolute Gasteiger partial charge is 0.480 e. The van der Waals surface area contributed by atoms with Crippen LogP contribution < -0.4 is 4.90 Å². The Labute approximate surface area is 160 Å². The lowest BCUT2D eigenvalue weighted by Gasteiger charge is -2.28. The highest BCUT2D eigenvalue weighted by Crippen LogP contribution is 2.34. The minimum Gasteiger partial charge on any atom is -0.480 e. The summed E-state index contributed by atoms with van der Waals surface area (Å²) in [4.78, 5) is 25.9. The Bertz CT molecular complexity index is 1210. The average Bonchev–Trinajstić information content (AvgIpc) is 2.95. The maximum Gasteiger partial charge on any atom is 0.323 e. The standard InChI is InChI=1S/C19H16N2O6S/c22-17(23)11-21-16-7-6-13(28(25,26)27)10-15(16)14-8-9-20(19(24)18(14)21)12-4-2-1-3-5-12/h1-7,10H,8-9,11H2,(H,22,23)(H,25,26,27). The Morgan fingerprint density at radius 1 is 1.11 bits per heavy atom. The summed E-state index contributed by atoms with van der Waals surface area (Å²) in [5.41, 5.74) is 1.94. The molecular formula is C19H16N2O6S. The first-order chi connectivity index (χ1) is 13.3. The summed E-state index contributed by atoms with van der Waals surface area (Å²) in [6, 6.07) is 12.9. The third-order valence-electron chi connectivity index (χ3n) is 4.83. The third-order valence-corrected chi connectivity index (χ3v) is 5.68. The summed E-state index contributed by atoms with van der Waals surface area (Å²) < 4.78 is 33.8. The van der Waals surface area contributed by atoms with Crippen molar-refractivity contribution < 1.29 is 27.7 Å². The molecule has 3 aromatic rings. The van der Waals surface area contributed by atoms with Gasteiger partial charge in [0, 0.05) is 23.1 Å². The van der Waals surface area contributed by atoms with Gasteiger partial charge in [-0.2, -0.15) is 8.42 Å². The molecule has 0 saturated carbocycles. The number of hydrogen-bond acceptors (Lipinski definition) is 4. The number of carboxylic acid groups (broad SMARTS) is 1. The molecular weight excluding hydrogens is 384 g/mol. The zero-order valence-electron chi connectivity index (χ0n) is 14.6. The molecule has 0 radical (unpaired) electrons. The number of fused-ring (bicyclic) bond motifs is 3. The minimum absolute atomic E-state index is 0.222. The lowest BCUT2D eigenvalue weighted by molar-refractivity contribution is -0.137. The normalized spacial score (nSPS) is 14.3. The van der Waals surface area contributed by atoms with E-state index in [-0.39, 0.29) is 16.5 Å². The molecule has 9 heteroatoms. The molecule has 0 saturated heterocycles. The predicted octanol–water partition coefficient (Wildman–Crippen LogP) is 2.18. The number of carboxylic acids is 1. The van der Waals surface area contributed by atoms with Crippen LogP contribution in [-0.4, -0.2) is 41.1 Å². The van der Waals surface area contributed by atoms with Crippen LogP contribution in [0.4, 0.5) is 5.69 Å². The molecule has 1 aliphatic heterocycles. The lowest BCUT2D eigenvalue weighted by Crippen LogP contribution is -2.39. The van der Waals surface area contributed by atoms with Crippen LogP contribution in [-0.2, 0) is 27.9 Å². The molecule has 2 aromatic carbocycles. The van der Waals surface area contributed by atoms with Crippen molar-refractivity contribution in [1.29, 1.82) is 0 Å². The first kappa shape index (κ1) is 18.2. The summed E-state index contributed by atoms with van der Waals surface area (Å²) in [6.07, 6.45) is 0.425. The van der Waals surface area contributed by atoms with Gasteiger partial charge in [-0.15, -0.1) is 0 Å². The van der Waals surface area contributed by atoms with E-state index in [0.29, 0.717) is 35.1 Å². The van der Waals surface area contributed by atoms with Crippen molar-refractivity contribution in [2.24, 2.45) is 0 Å². The number of nitrogens with zero attached hydrogens (tertiary/aromatic N) is 2. The molecule has 0 bridgehead atoms. The molecule has 0 atom stereocenters. The highest BCUT2D eigenvalue weighted by Gasteiger charge is 2.32. The van der Waals surface area contributed by atoms with Crippen LogP contribution in [0.3, 0.4) is 0 Å². The highest BCUT2D eigenvalue weighted by molar-refractivity contribution is 7.85. The molecule has 1 aliphatic rings. The SMILES string of the molecule is O=C(O)Cn1c2c(c3cc(S(=O)(=O)O)ccc31)CCN(c1ccccc1)C2=O. The Balaban J connectivity index is 1.95. The first-order valence-electron chi connectivity index (χ1n) is 8.48. The second-order valence-corrected chi connectivity index (χ2v) is 7.92. The van der Waals surface area contributed by atoms with Gasteiger partial charge >= 0.3 is 5.97 Å². The molecule has 0 unspecified atom stereocenters. The first-order valence-corrected chi connectivity index (χ1v) is 9.92. The molecule has 2 N–H and O–H groups in total. The van der Waals surface area contributed by atoms with Crippen molar-refractivity contribution in [3.05, 3.63) is 59.8 Å². The summed E-state index contributed by atoms with van der Waals surface area (Å²) in [7, 11) is -4.42. The highest BCUT2D eigenvalue weighted by atomic mass is 32.2. The van der Waals surface area contributed by atoms with E-state index in [0.717, 1.165) is 0 Å². The van der Waals surface area contributed by atoms with Gasteiger partial charge in [0.2, 0.25) is 0 Å². The number of carbonyl (C=O) groups is 2. The summed E-state index contributed by atoms with van der Waals surface area (Å²) >= 11 is 0. The van der Waals surface area contributed by atoms with Crippen LogP contribution in [0.1, 0.15) is 16.1 Å². The van der Waals surface area contributed by atoms with Gasteiger partial charge < -0.3 is 14.6 Å². The van der Waals surface area contributed by atoms with Gasteiger partial charge in [0.1, 0.15) is 12.2 Å². The molecule has 4 rings (SSSR count). The van der Waals surface area contributed by atoms with Crippen molar-refractivity contribution in [3.63, 3.8) is 0 Å². The maximum absolute atomic E-state index is 13.2. The van der Waals surface area contributed by atoms with Crippen LogP contribution in [0.5, 0.6) is 0 Å². The van der Waals surface area contributed by atoms with Crippen LogP contribution in [0.25, 0.3) is 10.9 Å². The second kappa shape index (κ2) is 6.47. The van der Waals surface area contributed by atoms with Gasteiger partial charge in [-0.25, -0.2) is 0 Å². The van der Waals surface area contributed by atoms with Crippen molar-refractivity contribution in [1.82, 2.24) is 4.57 Å². The molecule has 144 valence electrons. The van der Waals surface area contributed by atoms with E-state index >= 15 is 0 Å². The number of para-hydroxylation sites is 1. The smallest absolute Gasteiger partial charge is 0.323 e. The van der Waals surface area contributed by atoms with Crippen LogP contribution >= 0.6 is 0 Å². The molecule has 0 aliphatic carbocycles. The lowest BCUT2D eigenvalue weighted by atomic mass is 10.0. The molecule has 1 amide bonds. The number of benzene rings is 2. The van der Waals surface area contributed by atoms with Gasteiger partial charge in [0.05, 0.1) is 4.90 Å². The van der Waals surface area contributed by atoms with E-state index < -0.39 is 22.6 Å². The van der Waals surface area contributed by atoms with E-state index in [4.69, 9.17) is 0 Å². The van der Waals surface area contributed by atoms with Crippen LogP contribution in [0.2, 0.25) is 0 Å². The third kappa shape index (κ3) is 2.94. The van der Waals surface area contributed by atoms with Crippen molar-refractivity contribution in [2.45, 2.75) is 17.9 Å². The van der Waals surface area contributed by atoms with E-state index in [2.05, 4.69) is 0 Å². The van der Waals surface area contributed by atoms with Gasteiger partial charge in [-0.3, -0.25) is 14.1 Å². The van der Waals surface area contributed by atoms with E-state index in [9.17, 15) is 27.7 Å². The Kier molecular flexibility index (Phi) is 4.20. The second-order valence-electron chi connectivity index (χ2n) is 6.50. The fourth-order valence-corrected chi connectivity index (χ4v) is 4.17. The Morgan fingerprint density at radius 2 is 1.82 bits per heavy atom. The number of rotatable bonds is 4. The Hall–Kier alpha value is -3.17. The number of aromatic nitrogens is 1. The molecule has 8 nitrogen and oxygen atoms in total. The predicted molar refractivity (Wildman–Crippen MR) is 101 cm³/mol. The molecule has 0 fully saturated rings. The van der Waals surface area contributed by atoms with E-state index in [1.54, 1.807) is 17.0 Å². The maximum atomic E-state index is 13.2. The molecule has 2 heterocycles. The summed E-state index contributed by atoms with van der Waals surface area (Å²) in [6.45, 7) is -0.0659. The summed E-state index contributed by atoms with van der Waals surface area (Å²) in [5, 5.41) is 9.77. The van der Waals surface area contributed by atoms with Gasteiger partial charge in [0.15, 0.2) is 0 Å². The topological polar surface area (TPSA) is 117 Å². The van der Waals surface area contributed by atoms with Crippen molar-refractivity contribution in [2.75, 3.05) is 11.4 Å². The summed E-state index contributed by atoms with van der Waals surface area (Å²) in [5.74, 6) is -1.47. The minimum atomic E-state index is -4.42. The average molecular weight is 400 g/mol. The fourth-order valence-electron chi connectivity index (χ4n) is 3.67. The number of amides is 1. The van der Waals surface area contributed by atoms with Gasteiger partial charge in [-0.05, 0) is 42.3 Å². The zero-order valence-corrected chi connectivity index (χ0v) is 15.4. The Morgan fingerprint density at radius 3 is 2.46 bits per heavy atom.